The molecule has 1 aromatic carbocycles. The number of rotatable bonds is 8. The molecule has 1 aromatic heterocycles. The van der Waals surface area contributed by atoms with Crippen molar-refractivity contribution < 1.29 is 4.52 Å². The van der Waals surface area contributed by atoms with E-state index < -0.39 is 0 Å². The van der Waals surface area contributed by atoms with Crippen LogP contribution in [-0.4, -0.2) is 49.3 Å². The van der Waals surface area contributed by atoms with E-state index >= 15 is 0 Å². The van der Waals surface area contributed by atoms with Crippen LogP contribution in [0.25, 0.3) is 0 Å². The average molecular weight is 472 g/mol. The molecule has 26 heavy (non-hydrogen) atoms. The predicted molar refractivity (Wildman–Crippen MR) is 117 cm³/mol. The highest BCUT2D eigenvalue weighted by atomic mass is 127. The zero-order valence-electron chi connectivity index (χ0n) is 16.0. The number of hydrogen-bond acceptors (Lipinski definition) is 5. The Balaban J connectivity index is 0.00000338. The average Bonchev–Trinajstić information content (AvgIpc) is 3.02. The van der Waals surface area contributed by atoms with Crippen LogP contribution in [0.15, 0.2) is 33.8 Å². The van der Waals surface area contributed by atoms with Crippen LogP contribution in [0.2, 0.25) is 0 Å². The number of aliphatic imine (C=N–C) groups is 1. The third kappa shape index (κ3) is 7.19. The first-order valence-corrected chi connectivity index (χ1v) is 8.67. The van der Waals surface area contributed by atoms with E-state index in [1.807, 2.05) is 6.92 Å². The van der Waals surface area contributed by atoms with Gasteiger partial charge in [-0.15, -0.1) is 24.0 Å². The first-order chi connectivity index (χ1) is 12.1. The summed E-state index contributed by atoms with van der Waals surface area (Å²) < 4.78 is 5.10. The number of halogens is 1. The van der Waals surface area contributed by atoms with E-state index in [9.17, 15) is 0 Å². The summed E-state index contributed by atoms with van der Waals surface area (Å²) in [5, 5.41) is 10.4. The van der Waals surface area contributed by atoms with E-state index in [0.717, 1.165) is 25.6 Å². The Kier molecular flexibility index (Phi) is 10.0. The van der Waals surface area contributed by atoms with E-state index in [-0.39, 0.29) is 24.0 Å². The van der Waals surface area contributed by atoms with Gasteiger partial charge in [0.1, 0.15) is 0 Å². The molecule has 0 radical (unpaired) electrons. The molecule has 144 valence electrons. The molecule has 0 saturated heterocycles. The summed E-state index contributed by atoms with van der Waals surface area (Å²) in [7, 11) is 1.77. The van der Waals surface area contributed by atoms with Gasteiger partial charge in [0.25, 0.3) is 0 Å². The van der Waals surface area contributed by atoms with Crippen molar-refractivity contribution in [2.45, 2.75) is 27.2 Å². The van der Waals surface area contributed by atoms with Gasteiger partial charge in [0, 0.05) is 45.3 Å². The fourth-order valence-electron chi connectivity index (χ4n) is 2.55. The van der Waals surface area contributed by atoms with Crippen molar-refractivity contribution in [2.75, 3.05) is 38.1 Å². The molecule has 0 aliphatic rings. The molecule has 2 N–H and O–H groups in total. The molecule has 7 nitrogen and oxygen atoms in total. The number of anilines is 1. The van der Waals surface area contributed by atoms with Gasteiger partial charge in [0.05, 0.1) is 0 Å². The van der Waals surface area contributed by atoms with Gasteiger partial charge in [-0.2, -0.15) is 4.98 Å². The normalized spacial score (nSPS) is 11.0. The van der Waals surface area contributed by atoms with Gasteiger partial charge in [-0.3, -0.25) is 4.99 Å². The lowest BCUT2D eigenvalue weighted by Crippen LogP contribution is -2.42. The van der Waals surface area contributed by atoms with Crippen LogP contribution in [0.1, 0.15) is 24.2 Å². The first kappa shape index (κ1) is 22.2. The van der Waals surface area contributed by atoms with Crippen molar-refractivity contribution >= 4 is 35.6 Å². The maximum atomic E-state index is 5.10. The van der Waals surface area contributed by atoms with Gasteiger partial charge in [-0.25, -0.2) is 0 Å². The number of benzene rings is 1. The highest BCUT2D eigenvalue weighted by molar-refractivity contribution is 14.0. The molecule has 8 heteroatoms. The maximum Gasteiger partial charge on any atom is 0.228 e. The molecule has 0 aliphatic heterocycles. The number of nitrogens with zero attached hydrogens (tertiary/aromatic N) is 4. The van der Waals surface area contributed by atoms with Gasteiger partial charge in [-0.05, 0) is 38.5 Å². The molecular formula is C18H29IN6O. The largest absolute Gasteiger partial charge is 0.370 e. The summed E-state index contributed by atoms with van der Waals surface area (Å²) >= 11 is 0. The Labute approximate surface area is 172 Å². The molecule has 0 spiro atoms. The van der Waals surface area contributed by atoms with E-state index in [4.69, 9.17) is 4.52 Å². The zero-order valence-corrected chi connectivity index (χ0v) is 18.3. The van der Waals surface area contributed by atoms with Crippen LogP contribution in [-0.2, 0) is 6.42 Å². The summed E-state index contributed by atoms with van der Waals surface area (Å²) in [6.45, 7) is 9.47. The van der Waals surface area contributed by atoms with Crippen molar-refractivity contribution in [2.24, 2.45) is 4.99 Å². The number of likely N-dealkylation sites (N-methyl/N-ethyl adjacent to an activating group) is 1. The van der Waals surface area contributed by atoms with E-state index in [0.29, 0.717) is 24.7 Å². The van der Waals surface area contributed by atoms with Crippen LogP contribution in [0.5, 0.6) is 0 Å². The van der Waals surface area contributed by atoms with Gasteiger partial charge < -0.3 is 20.1 Å². The number of aromatic nitrogens is 2. The minimum Gasteiger partial charge on any atom is -0.370 e. The molecule has 2 rings (SSSR count). The number of aryl methyl sites for hydroxylation is 2. The fourth-order valence-corrected chi connectivity index (χ4v) is 2.55. The Morgan fingerprint density at radius 3 is 2.62 bits per heavy atom. The Morgan fingerprint density at radius 2 is 2.00 bits per heavy atom. The second-order valence-corrected chi connectivity index (χ2v) is 5.83. The standard InChI is InChI=1S/C18H28N6O.HI/c1-5-24(16-8-6-7-14(2)13-16)12-11-21-18(19-4)20-10-9-17-22-15(3)23-25-17;/h6-8,13H,5,9-12H2,1-4H3,(H2,19,20,21);1H. The Hall–Kier alpha value is -1.84. The molecule has 0 amide bonds. The molecule has 0 saturated carbocycles. The molecular weight excluding hydrogens is 443 g/mol. The SMILES string of the molecule is CCN(CCNC(=NC)NCCc1nc(C)no1)c1cccc(C)c1.I. The highest BCUT2D eigenvalue weighted by Gasteiger charge is 2.06. The second-order valence-electron chi connectivity index (χ2n) is 5.83. The van der Waals surface area contributed by atoms with Crippen molar-refractivity contribution in [3.63, 3.8) is 0 Å². The van der Waals surface area contributed by atoms with Crippen LogP contribution in [0, 0.1) is 13.8 Å². The molecule has 0 fully saturated rings. The van der Waals surface area contributed by atoms with Gasteiger partial charge >= 0.3 is 0 Å². The lowest BCUT2D eigenvalue weighted by molar-refractivity contribution is 0.374. The summed E-state index contributed by atoms with van der Waals surface area (Å²) in [4.78, 5) is 10.8. The van der Waals surface area contributed by atoms with Gasteiger partial charge in [0.2, 0.25) is 5.89 Å². The first-order valence-electron chi connectivity index (χ1n) is 8.67. The van der Waals surface area contributed by atoms with Crippen molar-refractivity contribution in [3.05, 3.63) is 41.5 Å². The molecule has 0 bridgehead atoms. The summed E-state index contributed by atoms with van der Waals surface area (Å²) in [6, 6.07) is 8.58. The van der Waals surface area contributed by atoms with Crippen molar-refractivity contribution in [3.8, 4) is 0 Å². The molecule has 2 aromatic rings. The van der Waals surface area contributed by atoms with Crippen molar-refractivity contribution in [1.82, 2.24) is 20.8 Å². The predicted octanol–water partition coefficient (Wildman–Crippen LogP) is 2.54. The van der Waals surface area contributed by atoms with Gasteiger partial charge in [0.15, 0.2) is 11.8 Å². The lowest BCUT2D eigenvalue weighted by Gasteiger charge is -2.24. The molecule has 1 heterocycles. The number of guanidine groups is 1. The third-order valence-electron chi connectivity index (χ3n) is 3.85. The quantitative estimate of drug-likeness (QED) is 0.350. The van der Waals surface area contributed by atoms with Crippen LogP contribution in [0.4, 0.5) is 5.69 Å². The number of nitrogens with one attached hydrogen (secondary N) is 2. The Bertz CT molecular complexity index is 688. The maximum absolute atomic E-state index is 5.10. The van der Waals surface area contributed by atoms with E-state index in [1.165, 1.54) is 11.3 Å². The second kappa shape index (κ2) is 11.7. The molecule has 0 aliphatic carbocycles. The summed E-state index contributed by atoms with van der Waals surface area (Å²) in [5.74, 6) is 2.07. The molecule has 0 unspecified atom stereocenters. The third-order valence-corrected chi connectivity index (χ3v) is 3.85. The minimum atomic E-state index is 0. The van der Waals surface area contributed by atoms with Crippen LogP contribution in [0.3, 0.4) is 0 Å². The zero-order chi connectivity index (χ0) is 18.1. The summed E-state index contributed by atoms with van der Waals surface area (Å²) in [5.41, 5.74) is 2.52. The lowest BCUT2D eigenvalue weighted by atomic mass is 10.2. The van der Waals surface area contributed by atoms with Crippen LogP contribution >= 0.6 is 24.0 Å². The fraction of sp³-hybridized carbons (Fsp3) is 0.500. The van der Waals surface area contributed by atoms with Crippen LogP contribution < -0.4 is 15.5 Å². The highest BCUT2D eigenvalue weighted by Crippen LogP contribution is 2.14. The summed E-state index contributed by atoms with van der Waals surface area (Å²) in [6.07, 6.45) is 0.673. The van der Waals surface area contributed by atoms with Gasteiger partial charge in [-0.1, -0.05) is 17.3 Å². The number of hydrogen-bond donors (Lipinski definition) is 2. The monoisotopic (exact) mass is 472 g/mol. The van der Waals surface area contributed by atoms with E-state index in [2.05, 4.69) is 68.8 Å². The van der Waals surface area contributed by atoms with Crippen molar-refractivity contribution in [1.29, 1.82) is 0 Å². The smallest absolute Gasteiger partial charge is 0.228 e. The minimum absolute atomic E-state index is 0. The molecule has 0 atom stereocenters. The Morgan fingerprint density at radius 1 is 1.23 bits per heavy atom. The van der Waals surface area contributed by atoms with E-state index in [1.54, 1.807) is 7.05 Å². The topological polar surface area (TPSA) is 78.6 Å².